The van der Waals surface area contributed by atoms with Crippen molar-refractivity contribution in [2.75, 3.05) is 19.7 Å². The molecule has 0 aromatic carbocycles. The average Bonchev–Trinajstić information content (AvgIpc) is 3.01. The van der Waals surface area contributed by atoms with E-state index in [0.717, 1.165) is 32.5 Å². The highest BCUT2D eigenvalue weighted by atomic mass is 16.5. The van der Waals surface area contributed by atoms with Gasteiger partial charge in [-0.25, -0.2) is 4.98 Å². The van der Waals surface area contributed by atoms with Crippen molar-refractivity contribution >= 4 is 5.97 Å². The number of hydrogen-bond acceptors (Lipinski definition) is 5. The number of cyclic esters (lactones) is 1. The average molecular weight is 250 g/mol. The van der Waals surface area contributed by atoms with Gasteiger partial charge in [0.2, 0.25) is 0 Å². The van der Waals surface area contributed by atoms with Gasteiger partial charge < -0.3 is 4.74 Å². The molecular formula is C12H18N4O2. The second kappa shape index (κ2) is 5.06. The Bertz CT molecular complexity index is 406. The molecule has 6 nitrogen and oxygen atoms in total. The van der Waals surface area contributed by atoms with Gasteiger partial charge in [-0.3, -0.25) is 14.4 Å². The van der Waals surface area contributed by atoms with Crippen LogP contribution in [0.15, 0.2) is 12.7 Å². The quantitative estimate of drug-likeness (QED) is 0.722. The summed E-state index contributed by atoms with van der Waals surface area (Å²) < 4.78 is 6.93. The van der Waals surface area contributed by atoms with Crippen molar-refractivity contribution in [3.8, 4) is 0 Å². The Kier molecular flexibility index (Phi) is 3.27. The van der Waals surface area contributed by atoms with Crippen LogP contribution in [0.2, 0.25) is 0 Å². The third-order valence-corrected chi connectivity index (χ3v) is 3.81. The highest BCUT2D eigenvalue weighted by Gasteiger charge is 2.35. The number of ether oxygens (including phenoxy) is 1. The zero-order valence-corrected chi connectivity index (χ0v) is 10.4. The number of rotatable bonds is 3. The summed E-state index contributed by atoms with van der Waals surface area (Å²) in [5, 5.41) is 4.14. The monoisotopic (exact) mass is 250 g/mol. The molecule has 0 bridgehead atoms. The summed E-state index contributed by atoms with van der Waals surface area (Å²) in [6, 6.07) is -0.0106. The fourth-order valence-corrected chi connectivity index (χ4v) is 2.94. The van der Waals surface area contributed by atoms with Gasteiger partial charge in [-0.1, -0.05) is 0 Å². The lowest BCUT2D eigenvalue weighted by Gasteiger charge is -2.34. The number of esters is 1. The van der Waals surface area contributed by atoms with E-state index >= 15 is 0 Å². The lowest BCUT2D eigenvalue weighted by Crippen LogP contribution is -2.45. The zero-order chi connectivity index (χ0) is 12.4. The van der Waals surface area contributed by atoms with Crippen LogP contribution in [0.4, 0.5) is 0 Å². The number of likely N-dealkylation sites (tertiary alicyclic amines) is 1. The predicted molar refractivity (Wildman–Crippen MR) is 63.7 cm³/mol. The first kappa shape index (κ1) is 11.6. The van der Waals surface area contributed by atoms with Gasteiger partial charge in [-0.2, -0.15) is 5.10 Å². The molecule has 18 heavy (non-hydrogen) atoms. The Labute approximate surface area is 106 Å². The first-order valence-corrected chi connectivity index (χ1v) is 6.56. The molecule has 2 aliphatic rings. The normalized spacial score (nSPS) is 29.4. The number of aromatic nitrogens is 3. The van der Waals surface area contributed by atoms with Crippen molar-refractivity contribution < 1.29 is 9.53 Å². The molecule has 6 heteroatoms. The Hall–Kier alpha value is -1.43. The minimum absolute atomic E-state index is 0.0106. The first-order valence-electron chi connectivity index (χ1n) is 6.56. The Morgan fingerprint density at radius 3 is 3.11 bits per heavy atom. The lowest BCUT2D eigenvalue weighted by molar-refractivity contribution is -0.142. The van der Waals surface area contributed by atoms with Crippen molar-refractivity contribution in [1.82, 2.24) is 19.7 Å². The van der Waals surface area contributed by atoms with E-state index in [1.807, 2.05) is 4.68 Å². The molecule has 0 saturated carbocycles. The molecule has 2 fully saturated rings. The number of hydrogen-bond donors (Lipinski definition) is 0. The molecule has 2 atom stereocenters. The second-order valence-electron chi connectivity index (χ2n) is 5.09. The third kappa shape index (κ3) is 2.38. The molecule has 0 amide bonds. The van der Waals surface area contributed by atoms with E-state index in [1.54, 1.807) is 12.7 Å². The Balaban J connectivity index is 1.59. The van der Waals surface area contributed by atoms with Gasteiger partial charge in [0.1, 0.15) is 18.7 Å². The van der Waals surface area contributed by atoms with Gasteiger partial charge in [0, 0.05) is 19.5 Å². The number of piperidine rings is 1. The maximum Gasteiger partial charge on any atom is 0.323 e. The first-order chi connectivity index (χ1) is 8.83. The van der Waals surface area contributed by atoms with Crippen molar-refractivity contribution in [2.45, 2.75) is 31.8 Å². The van der Waals surface area contributed by atoms with Crippen LogP contribution in [0.5, 0.6) is 0 Å². The van der Waals surface area contributed by atoms with Crippen LogP contribution in [0.3, 0.4) is 0 Å². The van der Waals surface area contributed by atoms with Gasteiger partial charge in [0.25, 0.3) is 0 Å². The van der Waals surface area contributed by atoms with Crippen molar-refractivity contribution in [3.05, 3.63) is 12.7 Å². The van der Waals surface area contributed by atoms with Crippen LogP contribution >= 0.6 is 0 Å². The topological polar surface area (TPSA) is 60.2 Å². The fraction of sp³-hybridized carbons (Fsp3) is 0.750. The van der Waals surface area contributed by atoms with Crippen LogP contribution in [0, 0.1) is 5.92 Å². The van der Waals surface area contributed by atoms with E-state index < -0.39 is 0 Å². The summed E-state index contributed by atoms with van der Waals surface area (Å²) >= 11 is 0. The van der Waals surface area contributed by atoms with Crippen LogP contribution in [0.25, 0.3) is 0 Å². The van der Waals surface area contributed by atoms with E-state index in [0.29, 0.717) is 12.5 Å². The minimum atomic E-state index is -0.0450. The molecule has 2 saturated heterocycles. The summed E-state index contributed by atoms with van der Waals surface area (Å²) in [7, 11) is 0. The number of carbonyl (C=O) groups excluding carboxylic acids is 1. The highest BCUT2D eigenvalue weighted by Crippen LogP contribution is 2.23. The van der Waals surface area contributed by atoms with Crippen LogP contribution in [-0.4, -0.2) is 51.4 Å². The number of carbonyl (C=O) groups is 1. The molecule has 0 spiro atoms. The molecule has 3 rings (SSSR count). The van der Waals surface area contributed by atoms with Crippen molar-refractivity contribution in [2.24, 2.45) is 5.92 Å². The SMILES string of the molecule is O=C1OCC[C@@H]1N1CCC[C@@H](Cn2cncn2)C1. The molecule has 0 aliphatic carbocycles. The van der Waals surface area contributed by atoms with Gasteiger partial charge >= 0.3 is 5.97 Å². The molecule has 1 aromatic heterocycles. The smallest absolute Gasteiger partial charge is 0.323 e. The van der Waals surface area contributed by atoms with E-state index in [2.05, 4.69) is 15.0 Å². The molecule has 0 unspecified atom stereocenters. The lowest BCUT2D eigenvalue weighted by atomic mass is 9.96. The molecular weight excluding hydrogens is 232 g/mol. The Morgan fingerprint density at radius 2 is 2.39 bits per heavy atom. The van der Waals surface area contributed by atoms with E-state index in [-0.39, 0.29) is 12.0 Å². The van der Waals surface area contributed by atoms with Gasteiger partial charge in [-0.15, -0.1) is 0 Å². The molecule has 0 N–H and O–H groups in total. The van der Waals surface area contributed by atoms with Crippen molar-refractivity contribution in [1.29, 1.82) is 0 Å². The maximum absolute atomic E-state index is 11.6. The third-order valence-electron chi connectivity index (χ3n) is 3.81. The second-order valence-corrected chi connectivity index (χ2v) is 5.09. The molecule has 3 heterocycles. The van der Waals surface area contributed by atoms with Gasteiger partial charge in [-0.05, 0) is 25.3 Å². The van der Waals surface area contributed by atoms with E-state index in [4.69, 9.17) is 4.74 Å². The summed E-state index contributed by atoms with van der Waals surface area (Å²) in [6.07, 6.45) is 6.49. The standard InChI is InChI=1S/C12H18N4O2/c17-12-11(3-5-18-12)15-4-1-2-10(6-15)7-16-9-13-8-14-16/h8-11H,1-7H2/t10-,11+/m1/s1. The van der Waals surface area contributed by atoms with Crippen LogP contribution in [-0.2, 0) is 16.1 Å². The number of nitrogens with zero attached hydrogens (tertiary/aromatic N) is 4. The van der Waals surface area contributed by atoms with E-state index in [1.165, 1.54) is 6.42 Å². The van der Waals surface area contributed by atoms with Gasteiger partial charge in [0.05, 0.1) is 6.61 Å². The van der Waals surface area contributed by atoms with Gasteiger partial charge in [0.15, 0.2) is 0 Å². The maximum atomic E-state index is 11.6. The molecule has 0 radical (unpaired) electrons. The highest BCUT2D eigenvalue weighted by molar-refractivity contribution is 5.77. The van der Waals surface area contributed by atoms with Crippen LogP contribution < -0.4 is 0 Å². The largest absolute Gasteiger partial charge is 0.464 e. The summed E-state index contributed by atoms with van der Waals surface area (Å²) in [5.41, 5.74) is 0. The molecule has 2 aliphatic heterocycles. The fourth-order valence-electron chi connectivity index (χ4n) is 2.94. The molecule has 98 valence electrons. The Morgan fingerprint density at radius 1 is 1.44 bits per heavy atom. The van der Waals surface area contributed by atoms with Crippen LogP contribution in [0.1, 0.15) is 19.3 Å². The summed E-state index contributed by atoms with van der Waals surface area (Å²) in [6.45, 7) is 3.43. The van der Waals surface area contributed by atoms with E-state index in [9.17, 15) is 4.79 Å². The van der Waals surface area contributed by atoms with Crippen molar-refractivity contribution in [3.63, 3.8) is 0 Å². The summed E-state index contributed by atoms with van der Waals surface area (Å²) in [5.74, 6) is 0.505. The zero-order valence-electron chi connectivity index (χ0n) is 10.4. The summed E-state index contributed by atoms with van der Waals surface area (Å²) in [4.78, 5) is 17.8. The molecule has 1 aromatic rings. The predicted octanol–water partition coefficient (Wildman–Crippen LogP) is 0.306. The minimum Gasteiger partial charge on any atom is -0.464 e.